The maximum Gasteiger partial charge on any atom is 0.255 e. The number of anilines is 1. The Balaban J connectivity index is 1.46. The Labute approximate surface area is 237 Å². The fourth-order valence-corrected chi connectivity index (χ4v) is 3.96. The van der Waals surface area contributed by atoms with Gasteiger partial charge in [0, 0.05) is 18.3 Å². The highest BCUT2D eigenvalue weighted by molar-refractivity contribution is 5.99. The van der Waals surface area contributed by atoms with Crippen LogP contribution in [0.1, 0.15) is 27.0 Å². The van der Waals surface area contributed by atoms with Crippen molar-refractivity contribution in [2.75, 3.05) is 5.32 Å². The van der Waals surface area contributed by atoms with Gasteiger partial charge < -0.3 is 32.6 Å². The molecule has 0 bridgehead atoms. The fraction of sp³-hybridized carbons (Fsp3) is 0.129. The van der Waals surface area contributed by atoms with E-state index in [0.717, 1.165) is 11.1 Å². The number of amides is 2. The second-order valence-electron chi connectivity index (χ2n) is 9.30. The van der Waals surface area contributed by atoms with Crippen LogP contribution in [0.15, 0.2) is 102 Å². The average Bonchev–Trinajstić information content (AvgIpc) is 2.97. The zero-order valence-electron chi connectivity index (χ0n) is 22.2. The molecule has 4 rings (SSSR count). The highest BCUT2D eigenvalue weighted by Crippen LogP contribution is 2.25. The van der Waals surface area contributed by atoms with Crippen LogP contribution in [-0.2, 0) is 24.4 Å². The molecule has 1 atom stereocenters. The van der Waals surface area contributed by atoms with E-state index in [1.54, 1.807) is 54.6 Å². The normalized spacial score (nSPS) is 11.3. The number of hydrogen-bond donors (Lipinski definition) is 5. The summed E-state index contributed by atoms with van der Waals surface area (Å²) in [5.41, 5.74) is 20.7. The Morgan fingerprint density at radius 3 is 2.22 bits per heavy atom. The summed E-state index contributed by atoms with van der Waals surface area (Å²) in [5.74, 6) is -0.914. The largest absolute Gasteiger partial charge is 0.488 e. The number of benzene rings is 4. The van der Waals surface area contributed by atoms with E-state index >= 15 is 0 Å². The monoisotopic (exact) mass is 554 g/mol. The summed E-state index contributed by atoms with van der Waals surface area (Å²) >= 11 is 0. The first-order chi connectivity index (χ1) is 19.8. The molecule has 0 aromatic heterocycles. The van der Waals surface area contributed by atoms with E-state index in [9.17, 15) is 14.0 Å². The standard InChI is InChI=1S/C31H31FN6O3/c32-23-10-6-22(7-11-23)19-41-28-17-25(14-15-26(28)29(39)36-18-21-4-2-1-3-5-21)37-30(40)27(33)16-20-8-12-24(13-9-20)38-31(34)35/h1-15,17,27H,16,18-19,33H2,(H,36,39)(H,37,40)(H4,34,35,38)/t27-/m0/s1. The zero-order valence-corrected chi connectivity index (χ0v) is 22.2. The van der Waals surface area contributed by atoms with Crippen LogP contribution >= 0.6 is 0 Å². The molecule has 0 saturated carbocycles. The number of nitrogens with two attached hydrogens (primary N) is 3. The molecule has 2 amide bonds. The molecule has 0 aliphatic heterocycles. The second-order valence-corrected chi connectivity index (χ2v) is 9.30. The number of hydrogen-bond acceptors (Lipinski definition) is 5. The molecule has 8 N–H and O–H groups in total. The Kier molecular flexibility index (Phi) is 9.63. The van der Waals surface area contributed by atoms with Gasteiger partial charge in [-0.1, -0.05) is 54.6 Å². The number of rotatable bonds is 11. The molecule has 10 heteroatoms. The molecule has 0 unspecified atom stereocenters. The van der Waals surface area contributed by atoms with Crippen molar-refractivity contribution in [3.63, 3.8) is 0 Å². The van der Waals surface area contributed by atoms with Crippen molar-refractivity contribution >= 4 is 29.1 Å². The quantitative estimate of drug-likeness (QED) is 0.140. The van der Waals surface area contributed by atoms with Crippen LogP contribution in [0, 0.1) is 5.82 Å². The minimum Gasteiger partial charge on any atom is -0.488 e. The molecule has 0 radical (unpaired) electrons. The minimum absolute atomic E-state index is 0.0467. The highest BCUT2D eigenvalue weighted by atomic mass is 19.1. The van der Waals surface area contributed by atoms with Gasteiger partial charge in [0.2, 0.25) is 5.91 Å². The summed E-state index contributed by atoms with van der Waals surface area (Å²) in [6.45, 7) is 0.420. The van der Waals surface area contributed by atoms with Crippen LogP contribution in [0.3, 0.4) is 0 Å². The molecular weight excluding hydrogens is 523 g/mol. The van der Waals surface area contributed by atoms with E-state index in [1.807, 2.05) is 30.3 Å². The number of carbonyl (C=O) groups is 2. The lowest BCUT2D eigenvalue weighted by molar-refractivity contribution is -0.117. The lowest BCUT2D eigenvalue weighted by Gasteiger charge is -2.16. The molecule has 41 heavy (non-hydrogen) atoms. The van der Waals surface area contributed by atoms with E-state index in [1.165, 1.54) is 12.1 Å². The van der Waals surface area contributed by atoms with Crippen molar-refractivity contribution in [1.82, 2.24) is 5.32 Å². The van der Waals surface area contributed by atoms with Crippen molar-refractivity contribution in [2.45, 2.75) is 25.6 Å². The van der Waals surface area contributed by atoms with Crippen molar-refractivity contribution in [3.8, 4) is 5.75 Å². The molecule has 0 aliphatic carbocycles. The number of guanidine groups is 1. The summed E-state index contributed by atoms with van der Waals surface area (Å²) in [4.78, 5) is 29.9. The summed E-state index contributed by atoms with van der Waals surface area (Å²) in [7, 11) is 0. The van der Waals surface area contributed by atoms with Crippen molar-refractivity contribution in [1.29, 1.82) is 0 Å². The van der Waals surface area contributed by atoms with Gasteiger partial charge in [-0.3, -0.25) is 9.59 Å². The molecule has 0 heterocycles. The Morgan fingerprint density at radius 2 is 1.54 bits per heavy atom. The number of aliphatic imine (C=N–C) groups is 1. The highest BCUT2D eigenvalue weighted by Gasteiger charge is 2.18. The van der Waals surface area contributed by atoms with E-state index in [4.69, 9.17) is 21.9 Å². The topological polar surface area (TPSA) is 158 Å². The number of ether oxygens (including phenoxy) is 1. The minimum atomic E-state index is -0.846. The molecular formula is C31H31FN6O3. The summed E-state index contributed by atoms with van der Waals surface area (Å²) in [5, 5.41) is 5.67. The van der Waals surface area contributed by atoms with E-state index in [2.05, 4.69) is 15.6 Å². The van der Waals surface area contributed by atoms with Crippen molar-refractivity contribution < 1.29 is 18.7 Å². The lowest BCUT2D eigenvalue weighted by Crippen LogP contribution is -2.37. The van der Waals surface area contributed by atoms with Gasteiger partial charge in [0.25, 0.3) is 5.91 Å². The molecule has 9 nitrogen and oxygen atoms in total. The number of carbonyl (C=O) groups excluding carboxylic acids is 2. The Hall–Kier alpha value is -5.22. The van der Waals surface area contributed by atoms with Crippen LogP contribution < -0.4 is 32.6 Å². The van der Waals surface area contributed by atoms with E-state index < -0.39 is 11.9 Å². The van der Waals surface area contributed by atoms with Crippen molar-refractivity contribution in [3.05, 3.63) is 125 Å². The summed E-state index contributed by atoms with van der Waals surface area (Å²) < 4.78 is 19.3. The van der Waals surface area contributed by atoms with Crippen LogP contribution in [-0.4, -0.2) is 23.8 Å². The Bertz CT molecular complexity index is 1510. The van der Waals surface area contributed by atoms with E-state index in [-0.39, 0.29) is 42.0 Å². The summed E-state index contributed by atoms with van der Waals surface area (Å²) in [6.07, 6.45) is 0.280. The van der Waals surface area contributed by atoms with Gasteiger partial charge in [0.1, 0.15) is 18.2 Å². The zero-order chi connectivity index (χ0) is 29.2. The van der Waals surface area contributed by atoms with Crippen LogP contribution in [0.5, 0.6) is 5.75 Å². The molecule has 4 aromatic rings. The molecule has 0 spiro atoms. The second kappa shape index (κ2) is 13.7. The third-order valence-electron chi connectivity index (χ3n) is 6.08. The predicted octanol–water partition coefficient (Wildman–Crippen LogP) is 3.75. The first kappa shape index (κ1) is 28.8. The smallest absolute Gasteiger partial charge is 0.255 e. The predicted molar refractivity (Wildman–Crippen MR) is 157 cm³/mol. The van der Waals surface area contributed by atoms with Gasteiger partial charge in [-0.05, 0) is 59.5 Å². The molecule has 0 saturated heterocycles. The maximum atomic E-state index is 13.3. The van der Waals surface area contributed by atoms with Gasteiger partial charge in [0.05, 0.1) is 17.3 Å². The molecule has 0 fully saturated rings. The number of nitrogens with zero attached hydrogens (tertiary/aromatic N) is 1. The first-order valence-electron chi connectivity index (χ1n) is 12.9. The lowest BCUT2D eigenvalue weighted by atomic mass is 10.1. The number of nitrogens with one attached hydrogen (secondary N) is 2. The third kappa shape index (κ3) is 8.64. The van der Waals surface area contributed by atoms with Gasteiger partial charge in [-0.2, -0.15) is 0 Å². The Morgan fingerprint density at radius 1 is 0.854 bits per heavy atom. The number of halogens is 1. The van der Waals surface area contributed by atoms with Gasteiger partial charge >= 0.3 is 0 Å². The molecule has 4 aromatic carbocycles. The maximum absolute atomic E-state index is 13.3. The first-order valence-corrected chi connectivity index (χ1v) is 12.9. The van der Waals surface area contributed by atoms with Gasteiger partial charge in [-0.15, -0.1) is 0 Å². The molecule has 210 valence electrons. The van der Waals surface area contributed by atoms with Gasteiger partial charge in [0.15, 0.2) is 5.96 Å². The van der Waals surface area contributed by atoms with Crippen LogP contribution in [0.2, 0.25) is 0 Å². The van der Waals surface area contributed by atoms with Crippen LogP contribution in [0.25, 0.3) is 0 Å². The van der Waals surface area contributed by atoms with Crippen LogP contribution in [0.4, 0.5) is 15.8 Å². The van der Waals surface area contributed by atoms with Gasteiger partial charge in [-0.25, -0.2) is 9.38 Å². The SMILES string of the molecule is NC(N)=Nc1ccc(C[C@H](N)C(=O)Nc2ccc(C(=O)NCc3ccccc3)c(OCc3ccc(F)cc3)c2)cc1. The third-order valence-corrected chi connectivity index (χ3v) is 6.08. The van der Waals surface area contributed by atoms with E-state index in [0.29, 0.717) is 23.5 Å². The molecule has 0 aliphatic rings. The fourth-order valence-electron chi connectivity index (χ4n) is 3.96. The van der Waals surface area contributed by atoms with Crippen molar-refractivity contribution in [2.24, 2.45) is 22.2 Å². The summed E-state index contributed by atoms with van der Waals surface area (Å²) in [6, 6.07) is 26.3. The average molecular weight is 555 g/mol.